The Morgan fingerprint density at radius 2 is 2.23 bits per heavy atom. The number of carboxylic acids is 1. The minimum atomic E-state index is -3.63. The fraction of sp³-hybridized carbons (Fsp3) is 0.857. The van der Waals surface area contributed by atoms with E-state index in [1.165, 1.54) is 0 Å². The van der Waals surface area contributed by atoms with Crippen LogP contribution in [-0.2, 0) is 4.79 Å². The van der Waals surface area contributed by atoms with E-state index in [9.17, 15) is 13.6 Å². The van der Waals surface area contributed by atoms with Crippen molar-refractivity contribution >= 4 is 17.7 Å². The van der Waals surface area contributed by atoms with Crippen LogP contribution in [0, 0.1) is 5.92 Å². The molecular weight excluding hydrogens is 200 g/mol. The van der Waals surface area contributed by atoms with Gasteiger partial charge in [0.05, 0.1) is 5.75 Å². The molecule has 0 saturated carbocycles. The molecule has 78 valence electrons. The van der Waals surface area contributed by atoms with Crippen molar-refractivity contribution in [1.29, 1.82) is 0 Å². The Labute approximate surface area is 79.7 Å². The molecule has 1 atom stereocenters. The van der Waals surface area contributed by atoms with Gasteiger partial charge in [-0.15, -0.1) is 0 Å². The summed E-state index contributed by atoms with van der Waals surface area (Å²) in [6, 6.07) is 0. The monoisotopic (exact) mass is 213 g/mol. The van der Waals surface area contributed by atoms with Crippen molar-refractivity contribution in [2.45, 2.75) is 12.8 Å². The van der Waals surface area contributed by atoms with Crippen LogP contribution in [0.1, 0.15) is 6.92 Å². The Morgan fingerprint density at radius 1 is 1.69 bits per heavy atom. The van der Waals surface area contributed by atoms with E-state index in [1.54, 1.807) is 0 Å². The summed E-state index contributed by atoms with van der Waals surface area (Å²) in [4.78, 5) is 9.98. The van der Waals surface area contributed by atoms with Crippen molar-refractivity contribution in [1.82, 2.24) is 0 Å². The summed E-state index contributed by atoms with van der Waals surface area (Å²) in [5, 5.41) is 8.08. The number of hydrogen-bond acceptors (Lipinski definition) is 3. The molecule has 6 heteroatoms. The Bertz CT molecular complexity index is 178. The third-order valence-corrected chi connectivity index (χ3v) is 2.77. The maximum absolute atomic E-state index is 12.4. The highest BCUT2D eigenvalue weighted by molar-refractivity contribution is 7.99. The molecule has 0 aliphatic rings. The third kappa shape index (κ3) is 5.05. The lowest BCUT2D eigenvalue weighted by Crippen LogP contribution is -2.31. The van der Waals surface area contributed by atoms with Crippen LogP contribution in [0.5, 0.6) is 0 Å². The van der Waals surface area contributed by atoms with Crippen molar-refractivity contribution in [2.75, 3.05) is 18.1 Å². The number of rotatable bonds is 6. The molecule has 3 nitrogen and oxygen atoms in total. The first-order valence-corrected chi connectivity index (χ1v) is 4.94. The summed E-state index contributed by atoms with van der Waals surface area (Å²) in [6.45, 7) is 2.25. The topological polar surface area (TPSA) is 63.3 Å². The van der Waals surface area contributed by atoms with Crippen LogP contribution in [0.3, 0.4) is 0 Å². The van der Waals surface area contributed by atoms with Crippen LogP contribution in [-0.4, -0.2) is 35.0 Å². The zero-order valence-electron chi connectivity index (χ0n) is 7.30. The summed E-state index contributed by atoms with van der Waals surface area (Å²) in [5.41, 5.74) is 5.26. The van der Waals surface area contributed by atoms with Crippen molar-refractivity contribution in [3.8, 4) is 0 Å². The number of thioether (sulfide) groups is 1. The van der Waals surface area contributed by atoms with E-state index < -0.39 is 17.6 Å². The lowest BCUT2D eigenvalue weighted by Gasteiger charge is -2.12. The van der Waals surface area contributed by atoms with E-state index in [2.05, 4.69) is 0 Å². The van der Waals surface area contributed by atoms with Gasteiger partial charge < -0.3 is 10.8 Å². The zero-order valence-corrected chi connectivity index (χ0v) is 8.11. The largest absolute Gasteiger partial charge is 0.477 e. The fourth-order valence-corrected chi connectivity index (χ4v) is 1.55. The Hall–Kier alpha value is -0.360. The second kappa shape index (κ2) is 5.39. The lowest BCUT2D eigenvalue weighted by molar-refractivity contribution is -0.161. The van der Waals surface area contributed by atoms with Crippen LogP contribution in [0.25, 0.3) is 0 Å². The zero-order chi connectivity index (χ0) is 10.5. The van der Waals surface area contributed by atoms with E-state index in [4.69, 9.17) is 10.8 Å². The van der Waals surface area contributed by atoms with Gasteiger partial charge in [0, 0.05) is 0 Å². The van der Waals surface area contributed by atoms with E-state index in [1.807, 2.05) is 6.92 Å². The van der Waals surface area contributed by atoms with Gasteiger partial charge >= 0.3 is 11.9 Å². The molecule has 0 saturated heterocycles. The van der Waals surface area contributed by atoms with E-state index >= 15 is 0 Å². The normalized spacial score (nSPS) is 14.2. The van der Waals surface area contributed by atoms with Gasteiger partial charge in [-0.1, -0.05) is 6.92 Å². The molecule has 0 fully saturated rings. The van der Waals surface area contributed by atoms with Gasteiger partial charge in [-0.3, -0.25) is 0 Å². The molecule has 0 bridgehead atoms. The summed E-state index contributed by atoms with van der Waals surface area (Å²) < 4.78 is 24.9. The molecule has 0 aromatic rings. The minimum Gasteiger partial charge on any atom is -0.477 e. The molecule has 0 aromatic heterocycles. The molecule has 0 aromatic carbocycles. The number of hydrogen-bond donors (Lipinski definition) is 2. The second-order valence-electron chi connectivity index (χ2n) is 2.87. The summed E-state index contributed by atoms with van der Waals surface area (Å²) >= 11 is 0.910. The van der Waals surface area contributed by atoms with Crippen molar-refractivity contribution < 1.29 is 18.7 Å². The van der Waals surface area contributed by atoms with E-state index in [0.29, 0.717) is 12.3 Å². The van der Waals surface area contributed by atoms with Crippen LogP contribution >= 0.6 is 11.8 Å². The van der Waals surface area contributed by atoms with Crippen LogP contribution in [0.15, 0.2) is 0 Å². The number of nitrogens with two attached hydrogens (primary N) is 1. The van der Waals surface area contributed by atoms with Gasteiger partial charge in [0.1, 0.15) is 0 Å². The minimum absolute atomic E-state index is 0.134. The van der Waals surface area contributed by atoms with Gasteiger partial charge in [0.2, 0.25) is 0 Å². The Kier molecular flexibility index (Phi) is 5.24. The van der Waals surface area contributed by atoms with Crippen LogP contribution in [0.2, 0.25) is 0 Å². The molecule has 0 amide bonds. The number of aliphatic carboxylic acids is 1. The Balaban J connectivity index is 3.70. The number of halogens is 2. The van der Waals surface area contributed by atoms with Crippen LogP contribution in [0.4, 0.5) is 8.78 Å². The van der Waals surface area contributed by atoms with Gasteiger partial charge in [0.15, 0.2) is 0 Å². The predicted molar refractivity (Wildman–Crippen MR) is 48.1 cm³/mol. The number of alkyl halides is 2. The molecule has 0 heterocycles. The maximum atomic E-state index is 12.4. The van der Waals surface area contributed by atoms with Gasteiger partial charge in [0.25, 0.3) is 0 Å². The highest BCUT2D eigenvalue weighted by Crippen LogP contribution is 2.21. The lowest BCUT2D eigenvalue weighted by atomic mass is 10.2. The molecule has 3 N–H and O–H groups in total. The average Bonchev–Trinajstić information content (AvgIpc) is 2.03. The van der Waals surface area contributed by atoms with Crippen molar-refractivity contribution in [2.24, 2.45) is 11.7 Å². The van der Waals surface area contributed by atoms with E-state index in [0.717, 1.165) is 11.8 Å². The van der Waals surface area contributed by atoms with Gasteiger partial charge in [-0.25, -0.2) is 4.79 Å². The summed E-state index contributed by atoms with van der Waals surface area (Å²) in [6.07, 6.45) is 0. The van der Waals surface area contributed by atoms with Crippen molar-refractivity contribution in [3.05, 3.63) is 0 Å². The molecule has 13 heavy (non-hydrogen) atoms. The highest BCUT2D eigenvalue weighted by atomic mass is 32.2. The summed E-state index contributed by atoms with van der Waals surface area (Å²) in [7, 11) is 0. The SMILES string of the molecule is CC(CN)CSCC(F)(F)C(=O)O. The highest BCUT2D eigenvalue weighted by Gasteiger charge is 2.38. The first-order valence-electron chi connectivity index (χ1n) is 3.79. The molecule has 0 rings (SSSR count). The molecule has 0 aliphatic carbocycles. The molecule has 1 unspecified atom stereocenters. The predicted octanol–water partition coefficient (Wildman–Crippen LogP) is 1.03. The van der Waals surface area contributed by atoms with Crippen LogP contribution < -0.4 is 5.73 Å². The number of carboxylic acid groups (broad SMARTS) is 1. The first-order chi connectivity index (χ1) is 5.90. The molecule has 0 radical (unpaired) electrons. The van der Waals surface area contributed by atoms with Gasteiger partial charge in [-0.05, 0) is 18.2 Å². The van der Waals surface area contributed by atoms with Gasteiger partial charge in [-0.2, -0.15) is 20.5 Å². The second-order valence-corrected chi connectivity index (χ2v) is 3.90. The smallest absolute Gasteiger partial charge is 0.375 e. The fourth-order valence-electron chi connectivity index (χ4n) is 0.518. The summed E-state index contributed by atoms with van der Waals surface area (Å²) in [5.74, 6) is -5.79. The average molecular weight is 213 g/mol. The third-order valence-electron chi connectivity index (χ3n) is 1.40. The standard InChI is InChI=1S/C7H13F2NO2S/c1-5(2-10)3-13-4-7(8,9)6(11)12/h5H,2-4,10H2,1H3,(H,11,12). The maximum Gasteiger partial charge on any atom is 0.375 e. The number of carbonyl (C=O) groups is 1. The van der Waals surface area contributed by atoms with Crippen molar-refractivity contribution in [3.63, 3.8) is 0 Å². The molecule has 0 aliphatic heterocycles. The molecular formula is C7H13F2NO2S. The quantitative estimate of drug-likeness (QED) is 0.691. The Morgan fingerprint density at radius 3 is 2.62 bits per heavy atom. The first kappa shape index (κ1) is 12.6. The molecule has 0 spiro atoms. The van der Waals surface area contributed by atoms with E-state index in [-0.39, 0.29) is 5.92 Å².